The molecule has 1 heterocycles. The van der Waals surface area contributed by atoms with Gasteiger partial charge in [0.2, 0.25) is 0 Å². The predicted octanol–water partition coefficient (Wildman–Crippen LogP) is 4.45. The zero-order chi connectivity index (χ0) is 19.7. The average molecular weight is 428 g/mol. The van der Waals surface area contributed by atoms with Crippen molar-refractivity contribution in [1.82, 2.24) is 0 Å². The molecule has 0 radical (unpaired) electrons. The molecule has 28 heavy (non-hydrogen) atoms. The van der Waals surface area contributed by atoms with Gasteiger partial charge in [-0.25, -0.2) is 8.78 Å². The van der Waals surface area contributed by atoms with Crippen LogP contribution in [-0.4, -0.2) is 34.1 Å². The number of nitrogens with one attached hydrogen (secondary N) is 1. The summed E-state index contributed by atoms with van der Waals surface area (Å²) in [5.41, 5.74) is -0.520. The standard InChI is InChI=1S/C20H23F2NO3S2/c21-15-5-2-6-16(22)18(15)23-17(24)11-26-19(25)12-9-13-3-1-4-14(10-12)20(13)27-7-8-28-20/h2,5-6,12-14H,1,3-4,7-11H2,(H,23,24). The topological polar surface area (TPSA) is 55.4 Å². The van der Waals surface area contributed by atoms with E-state index in [2.05, 4.69) is 28.8 Å². The first-order valence-electron chi connectivity index (χ1n) is 9.68. The maximum atomic E-state index is 13.6. The molecule has 3 aliphatic rings. The third kappa shape index (κ3) is 3.77. The normalized spacial score (nSPS) is 28.1. The average Bonchev–Trinajstić information content (AvgIpc) is 3.12. The van der Waals surface area contributed by atoms with Crippen molar-refractivity contribution in [2.45, 2.75) is 36.2 Å². The first-order chi connectivity index (χ1) is 13.5. The van der Waals surface area contributed by atoms with E-state index in [9.17, 15) is 18.4 Å². The smallest absolute Gasteiger partial charge is 0.309 e. The fraction of sp³-hybridized carbons (Fsp3) is 0.600. The molecular formula is C20H23F2NO3S2. The number of hydrogen-bond acceptors (Lipinski definition) is 5. The molecule has 1 spiro atoms. The lowest BCUT2D eigenvalue weighted by Crippen LogP contribution is -2.48. The van der Waals surface area contributed by atoms with Crippen molar-refractivity contribution < 1.29 is 23.1 Å². The highest BCUT2D eigenvalue weighted by molar-refractivity contribution is 8.21. The molecule has 1 aromatic rings. The number of carbonyl (C=O) groups excluding carboxylic acids is 2. The van der Waals surface area contributed by atoms with E-state index in [1.54, 1.807) is 0 Å². The molecule has 2 aliphatic carbocycles. The van der Waals surface area contributed by atoms with Crippen LogP contribution in [-0.2, 0) is 14.3 Å². The van der Waals surface area contributed by atoms with E-state index in [1.807, 2.05) is 0 Å². The van der Waals surface area contributed by atoms with E-state index in [-0.39, 0.29) is 16.0 Å². The van der Waals surface area contributed by atoms with Crippen LogP contribution in [0.3, 0.4) is 0 Å². The van der Waals surface area contributed by atoms with Crippen LogP contribution in [0.5, 0.6) is 0 Å². The SMILES string of the molecule is O=C(COC(=O)C1CC2CCCC(C1)C21SCCS1)Nc1c(F)cccc1F. The van der Waals surface area contributed by atoms with Gasteiger partial charge in [-0.3, -0.25) is 9.59 Å². The maximum absolute atomic E-state index is 13.6. The Kier molecular flexibility index (Phi) is 5.88. The van der Waals surface area contributed by atoms with Crippen LogP contribution in [0.4, 0.5) is 14.5 Å². The summed E-state index contributed by atoms with van der Waals surface area (Å²) in [7, 11) is 0. The van der Waals surface area contributed by atoms with E-state index in [0.29, 0.717) is 11.8 Å². The highest BCUT2D eigenvalue weighted by atomic mass is 32.2. The number of hydrogen-bond donors (Lipinski definition) is 1. The number of esters is 1. The summed E-state index contributed by atoms with van der Waals surface area (Å²) in [5, 5.41) is 2.14. The van der Waals surface area contributed by atoms with Crippen LogP contribution in [0.2, 0.25) is 0 Å². The largest absolute Gasteiger partial charge is 0.455 e. The Morgan fingerprint density at radius 3 is 2.32 bits per heavy atom. The van der Waals surface area contributed by atoms with Crippen LogP contribution < -0.4 is 5.32 Å². The molecule has 2 atom stereocenters. The Hall–Kier alpha value is -1.28. The van der Waals surface area contributed by atoms with Crippen LogP contribution >= 0.6 is 23.5 Å². The second-order valence-electron chi connectivity index (χ2n) is 7.66. The maximum Gasteiger partial charge on any atom is 0.309 e. The molecule has 2 saturated carbocycles. The number of thioether (sulfide) groups is 2. The first-order valence-corrected chi connectivity index (χ1v) is 11.6. The summed E-state index contributed by atoms with van der Waals surface area (Å²) in [6.45, 7) is -0.535. The highest BCUT2D eigenvalue weighted by Crippen LogP contribution is 2.64. The van der Waals surface area contributed by atoms with E-state index in [1.165, 1.54) is 24.0 Å². The minimum Gasteiger partial charge on any atom is -0.455 e. The number of ether oxygens (including phenoxy) is 1. The van der Waals surface area contributed by atoms with Crippen LogP contribution in [0.15, 0.2) is 18.2 Å². The summed E-state index contributed by atoms with van der Waals surface area (Å²) in [4.78, 5) is 24.5. The molecule has 4 rings (SSSR count). The molecule has 1 amide bonds. The fourth-order valence-electron chi connectivity index (χ4n) is 4.85. The lowest BCUT2D eigenvalue weighted by atomic mass is 9.67. The Bertz CT molecular complexity index is 734. The fourth-order valence-corrected chi connectivity index (χ4v) is 8.79. The van der Waals surface area contributed by atoms with Gasteiger partial charge in [0.1, 0.15) is 17.3 Å². The van der Waals surface area contributed by atoms with Gasteiger partial charge in [0.15, 0.2) is 6.61 Å². The number of halogens is 2. The van der Waals surface area contributed by atoms with E-state index in [0.717, 1.165) is 37.8 Å². The second-order valence-corrected chi connectivity index (χ2v) is 10.7. The zero-order valence-electron chi connectivity index (χ0n) is 15.4. The number of carbonyl (C=O) groups is 2. The lowest BCUT2D eigenvalue weighted by molar-refractivity contribution is -0.154. The van der Waals surface area contributed by atoms with Gasteiger partial charge in [0, 0.05) is 11.5 Å². The van der Waals surface area contributed by atoms with Crippen molar-refractivity contribution in [1.29, 1.82) is 0 Å². The lowest BCUT2D eigenvalue weighted by Gasteiger charge is -2.51. The van der Waals surface area contributed by atoms with Crippen LogP contribution in [0.1, 0.15) is 32.1 Å². The molecular weight excluding hydrogens is 404 g/mol. The summed E-state index contributed by atoms with van der Waals surface area (Å²) in [6.07, 6.45) is 5.12. The molecule has 1 aliphatic heterocycles. The molecule has 152 valence electrons. The van der Waals surface area contributed by atoms with E-state index < -0.39 is 29.8 Å². The third-order valence-electron chi connectivity index (χ3n) is 6.03. The van der Waals surface area contributed by atoms with Crippen molar-refractivity contribution in [2.75, 3.05) is 23.4 Å². The quantitative estimate of drug-likeness (QED) is 0.720. The van der Waals surface area contributed by atoms with Crippen molar-refractivity contribution in [3.8, 4) is 0 Å². The molecule has 1 N–H and O–H groups in total. The molecule has 0 aromatic heterocycles. The van der Waals surface area contributed by atoms with Gasteiger partial charge < -0.3 is 10.1 Å². The third-order valence-corrected chi connectivity index (χ3v) is 10.0. The van der Waals surface area contributed by atoms with Gasteiger partial charge in [-0.15, -0.1) is 23.5 Å². The molecule has 2 unspecified atom stereocenters. The number of rotatable bonds is 4. The predicted molar refractivity (Wildman–Crippen MR) is 107 cm³/mol. The van der Waals surface area contributed by atoms with Gasteiger partial charge in [-0.05, 0) is 49.7 Å². The molecule has 2 bridgehead atoms. The van der Waals surface area contributed by atoms with Crippen LogP contribution in [0.25, 0.3) is 0 Å². The Morgan fingerprint density at radius 2 is 1.71 bits per heavy atom. The summed E-state index contributed by atoms with van der Waals surface area (Å²) in [5.74, 6) is 0.344. The monoisotopic (exact) mass is 427 g/mol. The minimum absolute atomic E-state index is 0.194. The van der Waals surface area contributed by atoms with Gasteiger partial charge >= 0.3 is 5.97 Å². The molecule has 3 fully saturated rings. The van der Waals surface area contributed by atoms with Crippen molar-refractivity contribution >= 4 is 41.1 Å². The molecule has 1 saturated heterocycles. The summed E-state index contributed by atoms with van der Waals surface area (Å²) < 4.78 is 32.7. The summed E-state index contributed by atoms with van der Waals surface area (Å²) >= 11 is 4.14. The summed E-state index contributed by atoms with van der Waals surface area (Å²) in [6, 6.07) is 3.33. The van der Waals surface area contributed by atoms with E-state index >= 15 is 0 Å². The highest BCUT2D eigenvalue weighted by Gasteiger charge is 2.55. The van der Waals surface area contributed by atoms with Gasteiger partial charge in [0.25, 0.3) is 5.91 Å². The van der Waals surface area contributed by atoms with Gasteiger partial charge in [-0.1, -0.05) is 12.5 Å². The number of anilines is 1. The molecule has 8 heteroatoms. The van der Waals surface area contributed by atoms with Gasteiger partial charge in [0.05, 0.1) is 10.00 Å². The molecule has 1 aromatic carbocycles. The van der Waals surface area contributed by atoms with Crippen molar-refractivity contribution in [2.24, 2.45) is 17.8 Å². The number of benzene rings is 1. The van der Waals surface area contributed by atoms with Crippen molar-refractivity contribution in [3.05, 3.63) is 29.8 Å². The number of amides is 1. The minimum atomic E-state index is -0.864. The Labute approximate surface area is 171 Å². The Balaban J connectivity index is 1.33. The number of para-hydroxylation sites is 1. The van der Waals surface area contributed by atoms with E-state index in [4.69, 9.17) is 4.74 Å². The molecule has 4 nitrogen and oxygen atoms in total. The van der Waals surface area contributed by atoms with Crippen molar-refractivity contribution in [3.63, 3.8) is 0 Å². The van der Waals surface area contributed by atoms with Crippen LogP contribution in [0, 0.1) is 29.4 Å². The Morgan fingerprint density at radius 1 is 1.11 bits per heavy atom. The van der Waals surface area contributed by atoms with Gasteiger partial charge in [-0.2, -0.15) is 0 Å². The zero-order valence-corrected chi connectivity index (χ0v) is 17.1. The first kappa shape index (κ1) is 20.0. The second kappa shape index (κ2) is 8.22.